The number of hydrogen-bond donors (Lipinski definition) is 1. The van der Waals surface area contributed by atoms with Gasteiger partial charge >= 0.3 is 6.09 Å². The minimum Gasteiger partial charge on any atom is -0.445 e. The van der Waals surface area contributed by atoms with Gasteiger partial charge in [-0.05, 0) is 18.4 Å². The fourth-order valence-corrected chi connectivity index (χ4v) is 1.47. The van der Waals surface area contributed by atoms with Gasteiger partial charge in [0.25, 0.3) is 0 Å². The number of unbranched alkanes of at least 4 members (excludes halogenated alkanes) is 3. The molecule has 0 saturated carbocycles. The number of rotatable bonds is 7. The first-order chi connectivity index (χ1) is 8.83. The zero-order chi connectivity index (χ0) is 13.1. The maximum absolute atomic E-state index is 11.3. The lowest BCUT2D eigenvalue weighted by molar-refractivity contribution is 0.139. The van der Waals surface area contributed by atoms with E-state index in [4.69, 9.17) is 10.00 Å². The molecule has 0 fully saturated rings. The average molecular weight is 246 g/mol. The maximum atomic E-state index is 11.3. The lowest BCUT2D eigenvalue weighted by Gasteiger charge is -2.06. The summed E-state index contributed by atoms with van der Waals surface area (Å²) >= 11 is 0. The number of alkyl carbamates (subject to hydrolysis) is 1. The van der Waals surface area contributed by atoms with Gasteiger partial charge in [-0.1, -0.05) is 36.8 Å². The molecule has 1 rings (SSSR count). The normalized spacial score (nSPS) is 9.50. The van der Waals surface area contributed by atoms with Crippen molar-refractivity contribution in [2.45, 2.75) is 32.3 Å². The van der Waals surface area contributed by atoms with Crippen molar-refractivity contribution in [1.82, 2.24) is 5.32 Å². The Bertz CT molecular complexity index is 385. The first kappa shape index (κ1) is 14.0. The van der Waals surface area contributed by atoms with E-state index < -0.39 is 0 Å². The van der Waals surface area contributed by atoms with Crippen molar-refractivity contribution in [2.75, 3.05) is 6.54 Å². The molecule has 0 aliphatic heterocycles. The highest BCUT2D eigenvalue weighted by atomic mass is 16.5. The molecule has 4 heteroatoms. The van der Waals surface area contributed by atoms with Crippen LogP contribution in [0, 0.1) is 11.3 Å². The summed E-state index contributed by atoms with van der Waals surface area (Å²) in [6.45, 7) is 0.889. The predicted octanol–water partition coefficient (Wildman–Crippen LogP) is 3.00. The van der Waals surface area contributed by atoms with Gasteiger partial charge in [0, 0.05) is 13.0 Å². The molecule has 18 heavy (non-hydrogen) atoms. The third-order valence-corrected chi connectivity index (χ3v) is 2.45. The van der Waals surface area contributed by atoms with Crippen LogP contribution in [0.2, 0.25) is 0 Å². The number of nitrogens with zero attached hydrogens (tertiary/aromatic N) is 1. The maximum Gasteiger partial charge on any atom is 0.407 e. The lowest BCUT2D eigenvalue weighted by Crippen LogP contribution is -2.25. The van der Waals surface area contributed by atoms with Crippen molar-refractivity contribution in [3.8, 4) is 6.07 Å². The van der Waals surface area contributed by atoms with E-state index in [0.717, 1.165) is 24.8 Å². The van der Waals surface area contributed by atoms with Crippen molar-refractivity contribution in [3.05, 3.63) is 35.9 Å². The van der Waals surface area contributed by atoms with Gasteiger partial charge in [-0.15, -0.1) is 0 Å². The second-order valence-corrected chi connectivity index (χ2v) is 3.96. The van der Waals surface area contributed by atoms with Crippen LogP contribution in [0.15, 0.2) is 30.3 Å². The number of ether oxygens (including phenoxy) is 1. The summed E-state index contributed by atoms with van der Waals surface area (Å²) < 4.78 is 5.05. The van der Waals surface area contributed by atoms with Gasteiger partial charge < -0.3 is 10.1 Å². The Kier molecular flexibility index (Phi) is 7.07. The molecule has 0 aliphatic rings. The first-order valence-corrected chi connectivity index (χ1v) is 6.14. The fourth-order valence-electron chi connectivity index (χ4n) is 1.47. The fraction of sp³-hybridized carbons (Fsp3) is 0.429. The molecule has 0 radical (unpaired) electrons. The quantitative estimate of drug-likeness (QED) is 0.752. The summed E-state index contributed by atoms with van der Waals surface area (Å²) in [6, 6.07) is 11.7. The third-order valence-electron chi connectivity index (χ3n) is 2.45. The first-order valence-electron chi connectivity index (χ1n) is 6.14. The molecule has 0 unspecified atom stereocenters. The standard InChI is InChI=1S/C14H18N2O2/c15-10-6-1-2-7-11-16-14(17)18-12-13-8-4-3-5-9-13/h3-5,8-9H,1-2,6-7,11-12H2,(H,16,17). The third kappa shape index (κ3) is 6.54. The van der Waals surface area contributed by atoms with Gasteiger partial charge in [-0.25, -0.2) is 4.79 Å². The molecule has 4 nitrogen and oxygen atoms in total. The van der Waals surface area contributed by atoms with E-state index in [1.165, 1.54) is 0 Å². The van der Waals surface area contributed by atoms with E-state index in [0.29, 0.717) is 19.6 Å². The van der Waals surface area contributed by atoms with Crippen molar-refractivity contribution in [3.63, 3.8) is 0 Å². The predicted molar refractivity (Wildman–Crippen MR) is 68.7 cm³/mol. The summed E-state index contributed by atoms with van der Waals surface area (Å²) in [6.07, 6.45) is 2.91. The summed E-state index contributed by atoms with van der Waals surface area (Å²) in [5.74, 6) is 0. The zero-order valence-electron chi connectivity index (χ0n) is 10.4. The number of benzene rings is 1. The Labute approximate surface area is 108 Å². The molecule has 0 bridgehead atoms. The number of carbonyl (C=O) groups is 1. The van der Waals surface area contributed by atoms with Crippen LogP contribution in [0.3, 0.4) is 0 Å². The van der Waals surface area contributed by atoms with Crippen LogP contribution in [0.5, 0.6) is 0 Å². The lowest BCUT2D eigenvalue weighted by atomic mass is 10.2. The van der Waals surface area contributed by atoms with Crippen LogP contribution in [-0.4, -0.2) is 12.6 Å². The van der Waals surface area contributed by atoms with Gasteiger partial charge in [0.1, 0.15) is 6.61 Å². The second kappa shape index (κ2) is 9.06. The van der Waals surface area contributed by atoms with Gasteiger partial charge in [0.05, 0.1) is 6.07 Å². The molecule has 0 aliphatic carbocycles. The monoisotopic (exact) mass is 246 g/mol. The summed E-state index contributed by atoms with van der Waals surface area (Å²) in [7, 11) is 0. The molecule has 1 aromatic rings. The van der Waals surface area contributed by atoms with Crippen LogP contribution in [-0.2, 0) is 11.3 Å². The van der Waals surface area contributed by atoms with E-state index >= 15 is 0 Å². The Morgan fingerprint density at radius 3 is 2.72 bits per heavy atom. The van der Waals surface area contributed by atoms with Crippen LogP contribution in [0.1, 0.15) is 31.2 Å². The van der Waals surface area contributed by atoms with Crippen molar-refractivity contribution in [2.24, 2.45) is 0 Å². The minimum atomic E-state index is -0.390. The van der Waals surface area contributed by atoms with Gasteiger partial charge in [-0.3, -0.25) is 0 Å². The molecule has 0 saturated heterocycles. The number of nitriles is 1. The minimum absolute atomic E-state index is 0.293. The Balaban J connectivity index is 2.03. The van der Waals surface area contributed by atoms with Crippen molar-refractivity contribution < 1.29 is 9.53 Å². The molecular formula is C14H18N2O2. The number of hydrogen-bond acceptors (Lipinski definition) is 3. The molecular weight excluding hydrogens is 228 g/mol. The summed E-state index contributed by atoms with van der Waals surface area (Å²) in [5.41, 5.74) is 0.974. The van der Waals surface area contributed by atoms with Crippen LogP contribution < -0.4 is 5.32 Å². The van der Waals surface area contributed by atoms with Crippen LogP contribution >= 0.6 is 0 Å². The molecule has 0 spiro atoms. The number of carbonyl (C=O) groups excluding carboxylic acids is 1. The van der Waals surface area contributed by atoms with Gasteiger partial charge in [0.15, 0.2) is 0 Å². The highest BCUT2D eigenvalue weighted by Crippen LogP contribution is 2.01. The molecule has 0 aromatic heterocycles. The Hall–Kier alpha value is -2.02. The molecule has 1 N–H and O–H groups in total. The Morgan fingerprint density at radius 1 is 1.22 bits per heavy atom. The highest BCUT2D eigenvalue weighted by Gasteiger charge is 2.01. The van der Waals surface area contributed by atoms with Crippen LogP contribution in [0.25, 0.3) is 0 Å². The van der Waals surface area contributed by atoms with E-state index in [9.17, 15) is 4.79 Å². The Morgan fingerprint density at radius 2 is 2.00 bits per heavy atom. The van der Waals surface area contributed by atoms with E-state index in [1.807, 2.05) is 30.3 Å². The summed E-state index contributed by atoms with van der Waals surface area (Å²) in [5, 5.41) is 11.0. The van der Waals surface area contributed by atoms with Crippen molar-refractivity contribution in [1.29, 1.82) is 5.26 Å². The van der Waals surface area contributed by atoms with E-state index in [1.54, 1.807) is 0 Å². The topological polar surface area (TPSA) is 62.1 Å². The van der Waals surface area contributed by atoms with Gasteiger partial charge in [-0.2, -0.15) is 5.26 Å². The highest BCUT2D eigenvalue weighted by molar-refractivity contribution is 5.67. The van der Waals surface area contributed by atoms with Gasteiger partial charge in [0.2, 0.25) is 0 Å². The molecule has 1 aromatic carbocycles. The average Bonchev–Trinajstić information content (AvgIpc) is 2.41. The largest absolute Gasteiger partial charge is 0.445 e. The smallest absolute Gasteiger partial charge is 0.407 e. The molecule has 96 valence electrons. The molecule has 0 heterocycles. The SMILES string of the molecule is N#CCCCCCNC(=O)OCc1ccccc1. The second-order valence-electron chi connectivity index (χ2n) is 3.96. The molecule has 1 amide bonds. The molecule has 0 atom stereocenters. The number of nitrogens with one attached hydrogen (secondary N) is 1. The van der Waals surface area contributed by atoms with E-state index in [-0.39, 0.29) is 6.09 Å². The van der Waals surface area contributed by atoms with Crippen molar-refractivity contribution >= 4 is 6.09 Å². The zero-order valence-corrected chi connectivity index (χ0v) is 10.4. The number of amides is 1. The summed E-state index contributed by atoms with van der Waals surface area (Å²) in [4.78, 5) is 11.3. The van der Waals surface area contributed by atoms with Crippen LogP contribution in [0.4, 0.5) is 4.79 Å². The van der Waals surface area contributed by atoms with E-state index in [2.05, 4.69) is 11.4 Å².